The fourth-order valence-corrected chi connectivity index (χ4v) is 2.23. The van der Waals surface area contributed by atoms with Gasteiger partial charge in [-0.1, -0.05) is 6.92 Å². The minimum atomic E-state index is -0.0148. The molecule has 3 rings (SSSR count). The molecule has 0 bridgehead atoms. The van der Waals surface area contributed by atoms with Gasteiger partial charge < -0.3 is 14.1 Å². The number of aryl methyl sites for hydroxylation is 1. The Labute approximate surface area is 115 Å². The Hall–Kier alpha value is -2.56. The number of ether oxygens (including phenoxy) is 1. The van der Waals surface area contributed by atoms with Crippen LogP contribution in [-0.2, 0) is 6.42 Å². The first-order valence-corrected chi connectivity index (χ1v) is 6.35. The van der Waals surface area contributed by atoms with Gasteiger partial charge in [-0.2, -0.15) is 0 Å². The Morgan fingerprint density at radius 3 is 2.85 bits per heavy atom. The average molecular weight is 270 g/mol. The van der Waals surface area contributed by atoms with E-state index in [0.717, 1.165) is 17.6 Å². The third-order valence-electron chi connectivity index (χ3n) is 3.28. The number of hydrogen-bond acceptors (Lipinski definition) is 4. The molecule has 102 valence electrons. The van der Waals surface area contributed by atoms with E-state index in [-0.39, 0.29) is 5.43 Å². The molecule has 0 spiro atoms. The van der Waals surface area contributed by atoms with Crippen LogP contribution in [0, 0.1) is 0 Å². The van der Waals surface area contributed by atoms with Crippen molar-refractivity contribution in [1.29, 1.82) is 0 Å². The average Bonchev–Trinajstić information content (AvgIpc) is 2.99. The predicted molar refractivity (Wildman–Crippen MR) is 76.0 cm³/mol. The van der Waals surface area contributed by atoms with E-state index in [0.29, 0.717) is 22.5 Å². The molecule has 2 heterocycles. The summed E-state index contributed by atoms with van der Waals surface area (Å²) in [6.07, 6.45) is 3.72. The number of aromatic amines is 1. The zero-order valence-corrected chi connectivity index (χ0v) is 11.3. The molecule has 20 heavy (non-hydrogen) atoms. The van der Waals surface area contributed by atoms with E-state index in [1.54, 1.807) is 25.4 Å². The van der Waals surface area contributed by atoms with Crippen LogP contribution in [0.3, 0.4) is 0 Å². The van der Waals surface area contributed by atoms with Crippen LogP contribution in [0.5, 0.6) is 5.75 Å². The number of nitrogens with one attached hydrogen (secondary N) is 1. The van der Waals surface area contributed by atoms with Crippen LogP contribution in [0.2, 0.25) is 0 Å². The Kier molecular flexibility index (Phi) is 3.02. The first-order valence-electron chi connectivity index (χ1n) is 6.35. The molecule has 1 N–H and O–H groups in total. The van der Waals surface area contributed by atoms with Crippen LogP contribution < -0.4 is 10.2 Å². The summed E-state index contributed by atoms with van der Waals surface area (Å²) in [6.45, 7) is 2.00. The number of rotatable bonds is 3. The molecule has 0 aliphatic carbocycles. The monoisotopic (exact) mass is 270 g/mol. The number of methoxy groups -OCH3 is 1. The second kappa shape index (κ2) is 4.85. The molecule has 0 aliphatic rings. The van der Waals surface area contributed by atoms with Crippen LogP contribution in [0.4, 0.5) is 0 Å². The predicted octanol–water partition coefficient (Wildman–Crippen LogP) is 2.75. The molecule has 5 nitrogen and oxygen atoms in total. The third kappa shape index (κ3) is 1.97. The Bertz CT molecular complexity index is 804. The molecule has 0 radical (unpaired) electrons. The van der Waals surface area contributed by atoms with Crippen LogP contribution in [0.15, 0.2) is 40.0 Å². The minimum absolute atomic E-state index is 0.0148. The SMILES string of the molecule is CCc1cc(=O)c2cc(-c3cnco3)c(OC)cc2[nH]1. The number of oxazole rings is 1. The lowest BCUT2D eigenvalue weighted by Gasteiger charge is -2.09. The van der Waals surface area contributed by atoms with Crippen LogP contribution >= 0.6 is 0 Å². The van der Waals surface area contributed by atoms with E-state index in [1.165, 1.54) is 6.39 Å². The van der Waals surface area contributed by atoms with Gasteiger partial charge in [0.25, 0.3) is 0 Å². The smallest absolute Gasteiger partial charge is 0.189 e. The molecular formula is C15H14N2O3. The van der Waals surface area contributed by atoms with Crippen molar-refractivity contribution in [3.63, 3.8) is 0 Å². The summed E-state index contributed by atoms with van der Waals surface area (Å²) in [5, 5.41) is 0.606. The summed E-state index contributed by atoms with van der Waals surface area (Å²) in [4.78, 5) is 19.3. The van der Waals surface area contributed by atoms with Gasteiger partial charge in [0, 0.05) is 23.2 Å². The van der Waals surface area contributed by atoms with Crippen molar-refractivity contribution in [2.75, 3.05) is 7.11 Å². The lowest BCUT2D eigenvalue weighted by molar-refractivity contribution is 0.415. The Morgan fingerprint density at radius 1 is 1.35 bits per heavy atom. The van der Waals surface area contributed by atoms with E-state index in [9.17, 15) is 4.79 Å². The van der Waals surface area contributed by atoms with E-state index in [1.807, 2.05) is 13.0 Å². The highest BCUT2D eigenvalue weighted by Gasteiger charge is 2.13. The highest BCUT2D eigenvalue weighted by Crippen LogP contribution is 2.32. The molecule has 0 atom stereocenters. The quantitative estimate of drug-likeness (QED) is 0.794. The minimum Gasteiger partial charge on any atom is -0.496 e. The molecule has 5 heteroatoms. The van der Waals surface area contributed by atoms with Crippen molar-refractivity contribution in [1.82, 2.24) is 9.97 Å². The van der Waals surface area contributed by atoms with E-state index in [2.05, 4.69) is 9.97 Å². The molecule has 3 aromatic rings. The summed E-state index contributed by atoms with van der Waals surface area (Å²) in [6, 6.07) is 5.21. The standard InChI is InChI=1S/C15H14N2O3/c1-3-9-4-13(18)10-5-11(15-7-16-8-20-15)14(19-2)6-12(10)17-9/h4-8H,3H2,1-2H3,(H,17,18). The lowest BCUT2D eigenvalue weighted by Crippen LogP contribution is -2.05. The summed E-state index contributed by atoms with van der Waals surface area (Å²) in [5.41, 5.74) is 2.36. The molecular weight excluding hydrogens is 256 g/mol. The van der Waals surface area contributed by atoms with Gasteiger partial charge in [-0.05, 0) is 12.5 Å². The number of aromatic nitrogens is 2. The molecule has 2 aromatic heterocycles. The van der Waals surface area contributed by atoms with Gasteiger partial charge in [-0.15, -0.1) is 0 Å². The molecule has 0 aliphatic heterocycles. The first kappa shape index (κ1) is 12.5. The number of hydrogen-bond donors (Lipinski definition) is 1. The maximum absolute atomic E-state index is 12.2. The van der Waals surface area contributed by atoms with Crippen molar-refractivity contribution in [2.45, 2.75) is 13.3 Å². The summed E-state index contributed by atoms with van der Waals surface area (Å²) < 4.78 is 10.7. The van der Waals surface area contributed by atoms with Crippen molar-refractivity contribution in [3.8, 4) is 17.1 Å². The topological polar surface area (TPSA) is 68.1 Å². The maximum Gasteiger partial charge on any atom is 0.189 e. The number of pyridine rings is 1. The first-order chi connectivity index (χ1) is 9.72. The number of fused-ring (bicyclic) bond motifs is 1. The summed E-state index contributed by atoms with van der Waals surface area (Å²) in [7, 11) is 1.59. The maximum atomic E-state index is 12.2. The van der Waals surface area contributed by atoms with Gasteiger partial charge in [-0.25, -0.2) is 4.98 Å². The third-order valence-corrected chi connectivity index (χ3v) is 3.28. The zero-order chi connectivity index (χ0) is 14.1. The zero-order valence-electron chi connectivity index (χ0n) is 11.3. The Morgan fingerprint density at radius 2 is 2.20 bits per heavy atom. The molecule has 0 fully saturated rings. The lowest BCUT2D eigenvalue weighted by atomic mass is 10.1. The number of H-pyrrole nitrogens is 1. The van der Waals surface area contributed by atoms with E-state index in [4.69, 9.17) is 9.15 Å². The van der Waals surface area contributed by atoms with Crippen molar-refractivity contribution < 1.29 is 9.15 Å². The van der Waals surface area contributed by atoms with Crippen molar-refractivity contribution >= 4 is 10.9 Å². The Balaban J connectivity index is 2.33. The fraction of sp³-hybridized carbons (Fsp3) is 0.200. The van der Waals surface area contributed by atoms with Crippen LogP contribution in [-0.4, -0.2) is 17.1 Å². The van der Waals surface area contributed by atoms with E-state index >= 15 is 0 Å². The summed E-state index contributed by atoms with van der Waals surface area (Å²) in [5.74, 6) is 1.21. The molecule has 0 saturated heterocycles. The van der Waals surface area contributed by atoms with Crippen LogP contribution in [0.1, 0.15) is 12.6 Å². The normalized spacial score (nSPS) is 10.9. The highest BCUT2D eigenvalue weighted by molar-refractivity contribution is 5.87. The molecule has 1 aromatic carbocycles. The van der Waals surface area contributed by atoms with Crippen LogP contribution in [0.25, 0.3) is 22.2 Å². The van der Waals surface area contributed by atoms with Crippen molar-refractivity contribution in [2.24, 2.45) is 0 Å². The highest BCUT2D eigenvalue weighted by atomic mass is 16.5. The van der Waals surface area contributed by atoms with Gasteiger partial charge in [-0.3, -0.25) is 4.79 Å². The largest absolute Gasteiger partial charge is 0.496 e. The summed E-state index contributed by atoms with van der Waals surface area (Å²) >= 11 is 0. The van der Waals surface area contributed by atoms with E-state index < -0.39 is 0 Å². The van der Waals surface area contributed by atoms with Gasteiger partial charge in [0.15, 0.2) is 17.6 Å². The second-order valence-electron chi connectivity index (χ2n) is 4.48. The number of benzene rings is 1. The van der Waals surface area contributed by atoms with Gasteiger partial charge in [0.1, 0.15) is 5.75 Å². The van der Waals surface area contributed by atoms with Gasteiger partial charge in [0.2, 0.25) is 0 Å². The van der Waals surface area contributed by atoms with Gasteiger partial charge >= 0.3 is 0 Å². The van der Waals surface area contributed by atoms with Gasteiger partial charge in [0.05, 0.1) is 24.4 Å². The second-order valence-corrected chi connectivity index (χ2v) is 4.48. The molecule has 0 amide bonds. The molecule has 0 unspecified atom stereocenters. The fourth-order valence-electron chi connectivity index (χ4n) is 2.23. The molecule has 0 saturated carbocycles. The number of nitrogens with zero attached hydrogens (tertiary/aromatic N) is 1. The van der Waals surface area contributed by atoms with Crippen molar-refractivity contribution in [3.05, 3.63) is 46.7 Å².